The highest BCUT2D eigenvalue weighted by Crippen LogP contribution is 2.35. The van der Waals surface area contributed by atoms with Crippen LogP contribution in [0.5, 0.6) is 17.2 Å². The summed E-state index contributed by atoms with van der Waals surface area (Å²) in [6, 6.07) is 5.57. The van der Waals surface area contributed by atoms with E-state index in [0.29, 0.717) is 6.61 Å². The topological polar surface area (TPSA) is 60.8 Å². The Kier molecular flexibility index (Phi) is 4.03. The minimum atomic E-state index is 0.00416. The lowest BCUT2D eigenvalue weighted by Gasteiger charge is -2.06. The molecule has 0 saturated heterocycles. The van der Waals surface area contributed by atoms with Crippen LogP contribution in [0.1, 0.15) is 17.1 Å². The average Bonchev–Trinajstić information content (AvgIpc) is 3.11. The molecule has 0 radical (unpaired) electrons. The third-order valence-electron chi connectivity index (χ3n) is 2.91. The maximum Gasteiger partial charge on any atom is 0.231 e. The van der Waals surface area contributed by atoms with Gasteiger partial charge >= 0.3 is 0 Å². The zero-order valence-corrected chi connectivity index (χ0v) is 11.7. The molecule has 1 N–H and O–H groups in total. The van der Waals surface area contributed by atoms with Crippen molar-refractivity contribution in [2.75, 3.05) is 13.4 Å². The summed E-state index contributed by atoms with van der Waals surface area (Å²) >= 11 is 1.57. The van der Waals surface area contributed by atoms with Crippen LogP contribution < -0.4 is 14.2 Å². The highest BCUT2D eigenvalue weighted by atomic mass is 32.1. The molecule has 1 aromatic heterocycles. The number of fused-ring (bicyclic) bond motifs is 1. The smallest absolute Gasteiger partial charge is 0.231 e. The largest absolute Gasteiger partial charge is 0.493 e. The van der Waals surface area contributed by atoms with Gasteiger partial charge in [0.15, 0.2) is 11.5 Å². The Morgan fingerprint density at radius 3 is 3.05 bits per heavy atom. The molecule has 3 rings (SSSR count). The first-order valence-electron chi connectivity index (χ1n) is 6.42. The normalized spacial score (nSPS) is 12.7. The Balaban J connectivity index is 1.45. The van der Waals surface area contributed by atoms with Crippen LogP contribution in [0.2, 0.25) is 0 Å². The fraction of sp³-hybridized carbons (Fsp3) is 0.357. The predicted molar refractivity (Wildman–Crippen MR) is 74.4 cm³/mol. The van der Waals surface area contributed by atoms with Crippen molar-refractivity contribution in [1.82, 2.24) is 4.98 Å². The monoisotopic (exact) mass is 293 g/mol. The number of benzene rings is 1. The number of nitrogens with zero attached hydrogens (tertiary/aromatic N) is 1. The van der Waals surface area contributed by atoms with Crippen molar-refractivity contribution >= 4 is 11.3 Å². The molecule has 1 aliphatic rings. The lowest BCUT2D eigenvalue weighted by molar-refractivity contribution is 0.173. The molecular weight excluding hydrogens is 278 g/mol. The zero-order chi connectivity index (χ0) is 13.8. The number of aliphatic hydroxyl groups is 1. The molecule has 0 saturated carbocycles. The van der Waals surface area contributed by atoms with Crippen molar-refractivity contribution in [3.63, 3.8) is 0 Å². The van der Waals surface area contributed by atoms with E-state index in [4.69, 9.17) is 19.3 Å². The summed E-state index contributed by atoms with van der Waals surface area (Å²) in [4.78, 5) is 4.30. The minimum absolute atomic E-state index is 0.00416. The fourth-order valence-corrected chi connectivity index (χ4v) is 2.75. The average molecular weight is 293 g/mol. The minimum Gasteiger partial charge on any atom is -0.493 e. The maximum atomic E-state index is 8.95. The number of aryl methyl sites for hydroxylation is 1. The second-order valence-corrected chi connectivity index (χ2v) is 5.30. The van der Waals surface area contributed by atoms with Crippen LogP contribution in [0.4, 0.5) is 0 Å². The van der Waals surface area contributed by atoms with Crippen LogP contribution in [0, 0.1) is 0 Å². The first kappa shape index (κ1) is 13.2. The molecule has 0 bridgehead atoms. The molecule has 20 heavy (non-hydrogen) atoms. The van der Waals surface area contributed by atoms with Gasteiger partial charge < -0.3 is 19.3 Å². The Hall–Kier alpha value is -1.79. The number of aromatic nitrogens is 1. The highest BCUT2D eigenvalue weighted by Gasteiger charge is 2.13. The molecule has 2 aromatic rings. The van der Waals surface area contributed by atoms with Crippen LogP contribution in [-0.2, 0) is 13.0 Å². The van der Waals surface area contributed by atoms with Gasteiger partial charge in [0.25, 0.3) is 0 Å². The van der Waals surface area contributed by atoms with Crippen molar-refractivity contribution in [2.45, 2.75) is 19.4 Å². The molecule has 6 heteroatoms. The Bertz CT molecular complexity index is 584. The Labute approximate surface area is 120 Å². The summed E-state index contributed by atoms with van der Waals surface area (Å²) < 4.78 is 16.2. The van der Waals surface area contributed by atoms with Crippen LogP contribution in [-0.4, -0.2) is 23.5 Å². The second-order valence-electron chi connectivity index (χ2n) is 4.36. The SMILES string of the molecule is OCc1csc(CCCOc2ccc3c(c2)OCO3)n1. The predicted octanol–water partition coefficient (Wildman–Crippen LogP) is 2.38. The van der Waals surface area contributed by atoms with Gasteiger partial charge in [-0.05, 0) is 18.6 Å². The molecule has 0 amide bonds. The van der Waals surface area contributed by atoms with Gasteiger partial charge in [-0.3, -0.25) is 0 Å². The van der Waals surface area contributed by atoms with Gasteiger partial charge in [-0.1, -0.05) is 0 Å². The molecule has 0 atom stereocenters. The van der Waals surface area contributed by atoms with Crippen LogP contribution >= 0.6 is 11.3 Å². The van der Waals surface area contributed by atoms with Gasteiger partial charge in [0.2, 0.25) is 6.79 Å². The molecule has 2 heterocycles. The lowest BCUT2D eigenvalue weighted by atomic mass is 10.3. The van der Waals surface area contributed by atoms with Gasteiger partial charge in [0.05, 0.1) is 23.9 Å². The molecule has 0 aliphatic carbocycles. The molecular formula is C14H15NO4S. The van der Waals surface area contributed by atoms with Crippen LogP contribution in [0.25, 0.3) is 0 Å². The molecule has 0 unspecified atom stereocenters. The number of hydrogen-bond donors (Lipinski definition) is 1. The summed E-state index contributed by atoms with van der Waals surface area (Å²) in [7, 11) is 0. The van der Waals surface area contributed by atoms with Crippen molar-refractivity contribution in [2.24, 2.45) is 0 Å². The van der Waals surface area contributed by atoms with E-state index < -0.39 is 0 Å². The lowest BCUT2D eigenvalue weighted by Crippen LogP contribution is -1.99. The van der Waals surface area contributed by atoms with Crippen molar-refractivity contribution < 1.29 is 19.3 Å². The summed E-state index contributed by atoms with van der Waals surface area (Å²) in [5.41, 5.74) is 0.738. The summed E-state index contributed by atoms with van der Waals surface area (Å²) in [6.07, 6.45) is 1.74. The third kappa shape index (κ3) is 3.02. The molecule has 5 nitrogen and oxygen atoms in total. The van der Waals surface area contributed by atoms with Gasteiger partial charge in [-0.15, -0.1) is 11.3 Å². The standard InChI is InChI=1S/C14H15NO4S/c16-7-10-8-20-14(15-10)2-1-5-17-11-3-4-12-13(6-11)19-9-18-12/h3-4,6,8,16H,1-2,5,7,9H2. The number of thiazole rings is 1. The van der Waals surface area contributed by atoms with Crippen molar-refractivity contribution in [3.05, 3.63) is 34.3 Å². The molecule has 1 aliphatic heterocycles. The molecule has 0 spiro atoms. The zero-order valence-electron chi connectivity index (χ0n) is 10.9. The summed E-state index contributed by atoms with van der Waals surface area (Å²) in [5.74, 6) is 2.27. The third-order valence-corrected chi connectivity index (χ3v) is 3.87. The summed E-state index contributed by atoms with van der Waals surface area (Å²) in [5, 5.41) is 11.9. The first-order valence-corrected chi connectivity index (χ1v) is 7.30. The highest BCUT2D eigenvalue weighted by molar-refractivity contribution is 7.09. The molecule has 1 aromatic carbocycles. The second kappa shape index (κ2) is 6.11. The van der Waals surface area contributed by atoms with Gasteiger partial charge in [-0.25, -0.2) is 4.98 Å². The van der Waals surface area contributed by atoms with Gasteiger partial charge in [0, 0.05) is 17.9 Å². The van der Waals surface area contributed by atoms with Crippen LogP contribution in [0.3, 0.4) is 0 Å². The van der Waals surface area contributed by atoms with Crippen molar-refractivity contribution in [3.8, 4) is 17.2 Å². The molecule has 106 valence electrons. The number of hydrogen-bond acceptors (Lipinski definition) is 6. The Morgan fingerprint density at radius 1 is 1.30 bits per heavy atom. The van der Waals surface area contributed by atoms with E-state index in [1.807, 2.05) is 23.6 Å². The first-order chi connectivity index (χ1) is 9.85. The Morgan fingerprint density at radius 2 is 2.20 bits per heavy atom. The van der Waals surface area contributed by atoms with Crippen molar-refractivity contribution in [1.29, 1.82) is 0 Å². The van der Waals surface area contributed by atoms with E-state index in [2.05, 4.69) is 4.98 Å². The summed E-state index contributed by atoms with van der Waals surface area (Å²) in [6.45, 7) is 0.897. The number of ether oxygens (including phenoxy) is 3. The van der Waals surface area contributed by atoms with E-state index in [1.54, 1.807) is 11.3 Å². The molecule has 0 fully saturated rings. The quantitative estimate of drug-likeness (QED) is 0.829. The van der Waals surface area contributed by atoms with E-state index in [9.17, 15) is 0 Å². The van der Waals surface area contributed by atoms with E-state index >= 15 is 0 Å². The fourth-order valence-electron chi connectivity index (χ4n) is 1.92. The van der Waals surface area contributed by atoms with E-state index in [1.165, 1.54) is 0 Å². The van der Waals surface area contributed by atoms with Gasteiger partial charge in [-0.2, -0.15) is 0 Å². The number of aliphatic hydroxyl groups excluding tert-OH is 1. The van der Waals surface area contributed by atoms with E-state index in [0.717, 1.165) is 40.8 Å². The van der Waals surface area contributed by atoms with E-state index in [-0.39, 0.29) is 13.4 Å². The number of rotatable bonds is 6. The maximum absolute atomic E-state index is 8.95. The van der Waals surface area contributed by atoms with Gasteiger partial charge in [0.1, 0.15) is 5.75 Å². The van der Waals surface area contributed by atoms with Crippen LogP contribution in [0.15, 0.2) is 23.6 Å².